The number of halogens is 1. The number of rotatable bonds is 3. The smallest absolute Gasteiger partial charge is 0.227 e. The molecule has 0 saturated carbocycles. The Labute approximate surface area is 157 Å². The predicted molar refractivity (Wildman–Crippen MR) is 103 cm³/mol. The first-order valence-corrected chi connectivity index (χ1v) is 9.16. The third kappa shape index (κ3) is 3.01. The van der Waals surface area contributed by atoms with Gasteiger partial charge in [0.25, 0.3) is 0 Å². The number of nitrogens with zero attached hydrogens (tertiary/aromatic N) is 2. The summed E-state index contributed by atoms with van der Waals surface area (Å²) in [4.78, 5) is 15.1. The average Bonchev–Trinajstić information content (AvgIpc) is 3.18. The summed E-state index contributed by atoms with van der Waals surface area (Å²) in [6, 6.07) is 14.2. The lowest BCUT2D eigenvalue weighted by atomic mass is 9.92. The number of aromatic amines is 1. The molecular formula is C21H20ClN3O. The molecule has 2 heterocycles. The maximum absolute atomic E-state index is 13.1. The van der Waals surface area contributed by atoms with Gasteiger partial charge < -0.3 is 4.90 Å². The lowest BCUT2D eigenvalue weighted by molar-refractivity contribution is -0.133. The van der Waals surface area contributed by atoms with Crippen LogP contribution in [0.1, 0.15) is 29.7 Å². The zero-order valence-corrected chi connectivity index (χ0v) is 15.3. The third-order valence-corrected chi connectivity index (χ3v) is 5.53. The molecule has 0 fully saturated rings. The minimum atomic E-state index is 0.0762. The van der Waals surface area contributed by atoms with E-state index in [1.54, 1.807) is 6.20 Å². The number of aromatic nitrogens is 2. The molecule has 1 N–H and O–H groups in total. The van der Waals surface area contributed by atoms with E-state index in [1.165, 1.54) is 11.1 Å². The number of hydrogen-bond donors (Lipinski definition) is 1. The Hall–Kier alpha value is -2.59. The second kappa shape index (κ2) is 6.96. The summed E-state index contributed by atoms with van der Waals surface area (Å²) >= 11 is 6.45. The van der Waals surface area contributed by atoms with Crippen LogP contribution in [0.4, 0.5) is 0 Å². The molecule has 0 spiro atoms. The van der Waals surface area contributed by atoms with Crippen molar-refractivity contribution in [2.45, 2.75) is 25.8 Å². The van der Waals surface area contributed by atoms with E-state index >= 15 is 0 Å². The van der Waals surface area contributed by atoms with E-state index in [1.807, 2.05) is 35.4 Å². The average molecular weight is 366 g/mol. The van der Waals surface area contributed by atoms with E-state index in [0.717, 1.165) is 29.7 Å². The highest BCUT2D eigenvalue weighted by Crippen LogP contribution is 2.32. The highest BCUT2D eigenvalue weighted by molar-refractivity contribution is 6.32. The monoisotopic (exact) mass is 365 g/mol. The van der Waals surface area contributed by atoms with E-state index in [9.17, 15) is 4.79 Å². The SMILES string of the molecule is C[C@H]1c2ccccc2CCN1C(=O)Cc1c(Cl)cccc1-c1cn[nH]c1. The minimum Gasteiger partial charge on any atom is -0.335 e. The van der Waals surface area contributed by atoms with Gasteiger partial charge in [0.2, 0.25) is 5.91 Å². The molecule has 1 aliphatic rings. The number of benzene rings is 2. The molecule has 1 aromatic heterocycles. The number of fused-ring (bicyclic) bond motifs is 1. The van der Waals surface area contributed by atoms with Crippen LogP contribution in [0.15, 0.2) is 54.9 Å². The van der Waals surface area contributed by atoms with Crippen LogP contribution >= 0.6 is 11.6 Å². The largest absolute Gasteiger partial charge is 0.335 e. The molecule has 4 rings (SSSR count). The molecule has 4 nitrogen and oxygen atoms in total. The van der Waals surface area contributed by atoms with Crippen LogP contribution < -0.4 is 0 Å². The highest BCUT2D eigenvalue weighted by atomic mass is 35.5. The van der Waals surface area contributed by atoms with Gasteiger partial charge in [0.1, 0.15) is 0 Å². The van der Waals surface area contributed by atoms with E-state index in [-0.39, 0.29) is 18.4 Å². The number of amides is 1. The Bertz CT molecular complexity index is 936. The van der Waals surface area contributed by atoms with Crippen molar-refractivity contribution in [1.82, 2.24) is 15.1 Å². The predicted octanol–water partition coefficient (Wildman–Crippen LogP) is 4.42. The van der Waals surface area contributed by atoms with Gasteiger partial charge in [-0.1, -0.05) is 48.0 Å². The number of H-pyrrole nitrogens is 1. The van der Waals surface area contributed by atoms with E-state index in [4.69, 9.17) is 11.6 Å². The van der Waals surface area contributed by atoms with Crippen molar-refractivity contribution in [3.63, 3.8) is 0 Å². The first kappa shape index (κ1) is 16.9. The molecular weight excluding hydrogens is 346 g/mol. The Kier molecular flexibility index (Phi) is 4.51. The van der Waals surface area contributed by atoms with Crippen LogP contribution in [0.3, 0.4) is 0 Å². The normalized spacial score (nSPS) is 16.4. The van der Waals surface area contributed by atoms with E-state index in [2.05, 4.69) is 35.3 Å². The lowest BCUT2D eigenvalue weighted by Gasteiger charge is -2.35. The molecule has 0 saturated heterocycles. The van der Waals surface area contributed by atoms with Crippen LogP contribution in [0, 0.1) is 0 Å². The van der Waals surface area contributed by atoms with Gasteiger partial charge >= 0.3 is 0 Å². The van der Waals surface area contributed by atoms with Gasteiger partial charge in [-0.3, -0.25) is 9.89 Å². The van der Waals surface area contributed by atoms with Gasteiger partial charge in [-0.15, -0.1) is 0 Å². The molecule has 0 unspecified atom stereocenters. The summed E-state index contributed by atoms with van der Waals surface area (Å²) in [6.07, 6.45) is 4.74. The fourth-order valence-electron chi connectivity index (χ4n) is 3.77. The number of carbonyl (C=O) groups excluding carboxylic acids is 1. The first-order valence-electron chi connectivity index (χ1n) is 8.79. The second-order valence-corrected chi connectivity index (χ2v) is 7.05. The molecule has 0 bridgehead atoms. The van der Waals surface area contributed by atoms with Gasteiger partial charge in [0.15, 0.2) is 0 Å². The van der Waals surface area contributed by atoms with Crippen molar-refractivity contribution in [1.29, 1.82) is 0 Å². The molecule has 0 radical (unpaired) electrons. The van der Waals surface area contributed by atoms with Crippen molar-refractivity contribution >= 4 is 17.5 Å². The molecule has 1 aliphatic heterocycles. The Balaban J connectivity index is 1.62. The molecule has 26 heavy (non-hydrogen) atoms. The quantitative estimate of drug-likeness (QED) is 0.747. The third-order valence-electron chi connectivity index (χ3n) is 5.17. The van der Waals surface area contributed by atoms with Gasteiger partial charge in [-0.05, 0) is 41.7 Å². The zero-order valence-electron chi connectivity index (χ0n) is 14.6. The van der Waals surface area contributed by atoms with Crippen LogP contribution in [-0.2, 0) is 17.6 Å². The van der Waals surface area contributed by atoms with Crippen molar-refractivity contribution < 1.29 is 4.79 Å². The van der Waals surface area contributed by atoms with Crippen molar-refractivity contribution in [3.05, 3.63) is 76.6 Å². The van der Waals surface area contributed by atoms with Crippen molar-refractivity contribution in [2.24, 2.45) is 0 Å². The maximum atomic E-state index is 13.1. The molecule has 1 amide bonds. The summed E-state index contributed by atoms with van der Waals surface area (Å²) in [5.74, 6) is 0.102. The van der Waals surface area contributed by atoms with Crippen molar-refractivity contribution in [2.75, 3.05) is 6.54 Å². The molecule has 5 heteroatoms. The van der Waals surface area contributed by atoms with Crippen molar-refractivity contribution in [3.8, 4) is 11.1 Å². The lowest BCUT2D eigenvalue weighted by Crippen LogP contribution is -2.39. The summed E-state index contributed by atoms with van der Waals surface area (Å²) < 4.78 is 0. The highest BCUT2D eigenvalue weighted by Gasteiger charge is 2.28. The van der Waals surface area contributed by atoms with Gasteiger partial charge in [-0.25, -0.2) is 0 Å². The van der Waals surface area contributed by atoms with Crippen LogP contribution in [0.5, 0.6) is 0 Å². The summed E-state index contributed by atoms with van der Waals surface area (Å²) in [6.45, 7) is 2.84. The molecule has 1 atom stereocenters. The standard InChI is InChI=1S/C21H20ClN3O/c1-14-17-6-3-2-5-15(17)9-10-25(14)21(26)11-19-18(7-4-8-20(19)22)16-12-23-24-13-16/h2-8,12-14H,9-11H2,1H3,(H,23,24)/t14-/m0/s1. The summed E-state index contributed by atoms with van der Waals surface area (Å²) in [7, 11) is 0. The van der Waals surface area contributed by atoms with Crippen LogP contribution in [0.2, 0.25) is 5.02 Å². The Morgan fingerprint density at radius 2 is 2.12 bits per heavy atom. The fraction of sp³-hybridized carbons (Fsp3) is 0.238. The van der Waals surface area contributed by atoms with Gasteiger partial charge in [0, 0.05) is 23.3 Å². The Morgan fingerprint density at radius 3 is 2.92 bits per heavy atom. The summed E-state index contributed by atoms with van der Waals surface area (Å²) in [5, 5.41) is 7.45. The van der Waals surface area contributed by atoms with Gasteiger partial charge in [-0.2, -0.15) is 5.10 Å². The van der Waals surface area contributed by atoms with Crippen LogP contribution in [0.25, 0.3) is 11.1 Å². The Morgan fingerprint density at radius 1 is 1.27 bits per heavy atom. The number of carbonyl (C=O) groups is 1. The molecule has 132 valence electrons. The number of nitrogens with one attached hydrogen (secondary N) is 1. The van der Waals surface area contributed by atoms with Crippen LogP contribution in [-0.4, -0.2) is 27.5 Å². The van der Waals surface area contributed by atoms with E-state index in [0.29, 0.717) is 5.02 Å². The summed E-state index contributed by atoms with van der Waals surface area (Å²) in [5.41, 5.74) is 5.31. The fourth-order valence-corrected chi connectivity index (χ4v) is 4.01. The molecule has 2 aromatic carbocycles. The number of hydrogen-bond acceptors (Lipinski definition) is 2. The van der Waals surface area contributed by atoms with E-state index < -0.39 is 0 Å². The minimum absolute atomic E-state index is 0.0762. The first-order chi connectivity index (χ1) is 12.6. The second-order valence-electron chi connectivity index (χ2n) is 6.64. The zero-order chi connectivity index (χ0) is 18.1. The topological polar surface area (TPSA) is 49.0 Å². The molecule has 3 aromatic rings. The molecule has 0 aliphatic carbocycles. The maximum Gasteiger partial charge on any atom is 0.227 e. The van der Waals surface area contributed by atoms with Gasteiger partial charge in [0.05, 0.1) is 18.7 Å².